The molecule has 1 aliphatic rings. The van der Waals surface area contributed by atoms with Gasteiger partial charge in [-0.05, 0) is 29.6 Å². The summed E-state index contributed by atoms with van der Waals surface area (Å²) in [6.45, 7) is 0. The van der Waals surface area contributed by atoms with Crippen LogP contribution in [-0.2, 0) is 9.59 Å². The molecular weight excluding hydrogens is 345 g/mol. The zero-order valence-electron chi connectivity index (χ0n) is 11.3. The van der Waals surface area contributed by atoms with Crippen LogP contribution < -0.4 is 9.64 Å². The fourth-order valence-electron chi connectivity index (χ4n) is 2.17. The Bertz CT molecular complexity index is 799. The van der Waals surface area contributed by atoms with Crippen molar-refractivity contribution < 1.29 is 14.3 Å². The van der Waals surface area contributed by atoms with E-state index >= 15 is 0 Å². The minimum atomic E-state index is -0.559. The first-order valence-corrected chi connectivity index (χ1v) is 7.84. The van der Waals surface area contributed by atoms with Gasteiger partial charge in [0.2, 0.25) is 0 Å². The molecule has 7 heteroatoms. The largest absolute Gasteiger partial charge is 0.495 e. The monoisotopic (exact) mass is 353 g/mol. The lowest BCUT2D eigenvalue weighted by Crippen LogP contribution is -2.31. The molecule has 2 heterocycles. The summed E-state index contributed by atoms with van der Waals surface area (Å²) in [4.78, 5) is 26.6. The molecule has 0 unspecified atom stereocenters. The van der Waals surface area contributed by atoms with Crippen molar-refractivity contribution in [3.8, 4) is 5.75 Å². The molecule has 0 radical (unpaired) electrons. The number of amides is 2. The van der Waals surface area contributed by atoms with E-state index in [9.17, 15) is 9.59 Å². The Morgan fingerprint density at radius 3 is 2.50 bits per heavy atom. The third kappa shape index (κ3) is 2.31. The molecule has 0 saturated carbocycles. The quantitative estimate of drug-likeness (QED) is 0.785. The second-order valence-electron chi connectivity index (χ2n) is 4.43. The number of ether oxygens (including phenoxy) is 1. The topological polar surface area (TPSA) is 46.6 Å². The first kappa shape index (κ1) is 15.1. The minimum Gasteiger partial charge on any atom is -0.495 e. The maximum Gasteiger partial charge on any atom is 0.277 e. The van der Waals surface area contributed by atoms with Gasteiger partial charge in [-0.3, -0.25) is 9.59 Å². The van der Waals surface area contributed by atoms with Crippen molar-refractivity contribution >= 4 is 57.6 Å². The first-order valence-electron chi connectivity index (χ1n) is 6.20. The van der Waals surface area contributed by atoms with Gasteiger partial charge < -0.3 is 4.74 Å². The fraction of sp³-hybridized carbons (Fsp3) is 0.0667. The number of benzene rings is 1. The smallest absolute Gasteiger partial charge is 0.277 e. The SMILES string of the molecule is COc1ccc(N2C(=O)C(Cl)=C(c3cccs3)C2=O)cc1Cl. The lowest BCUT2D eigenvalue weighted by Gasteiger charge is -2.15. The Morgan fingerprint density at radius 1 is 1.14 bits per heavy atom. The zero-order valence-corrected chi connectivity index (χ0v) is 13.6. The van der Waals surface area contributed by atoms with E-state index in [1.165, 1.54) is 24.5 Å². The number of halogens is 2. The van der Waals surface area contributed by atoms with Gasteiger partial charge in [-0.15, -0.1) is 11.3 Å². The Morgan fingerprint density at radius 2 is 1.91 bits per heavy atom. The van der Waals surface area contributed by atoms with Crippen LogP contribution in [0.3, 0.4) is 0 Å². The second-order valence-corrected chi connectivity index (χ2v) is 6.16. The number of hydrogen-bond donors (Lipinski definition) is 0. The number of anilines is 1. The normalized spacial score (nSPS) is 15.0. The molecule has 1 aromatic carbocycles. The zero-order chi connectivity index (χ0) is 15.9. The maximum absolute atomic E-state index is 12.6. The molecule has 0 spiro atoms. The Balaban J connectivity index is 2.03. The van der Waals surface area contributed by atoms with Crippen LogP contribution in [0.1, 0.15) is 4.88 Å². The van der Waals surface area contributed by atoms with Gasteiger partial charge in [-0.1, -0.05) is 29.3 Å². The minimum absolute atomic E-state index is 0.0839. The fourth-order valence-corrected chi connectivity index (χ4v) is 3.51. The van der Waals surface area contributed by atoms with Gasteiger partial charge in [0.15, 0.2) is 0 Å². The number of carbonyl (C=O) groups excluding carboxylic acids is 2. The molecular formula is C15H9Cl2NO3S. The van der Waals surface area contributed by atoms with E-state index in [4.69, 9.17) is 27.9 Å². The number of imide groups is 1. The standard InChI is InChI=1S/C15H9Cl2NO3S/c1-21-10-5-4-8(7-9(10)16)18-14(19)12(13(17)15(18)20)11-3-2-6-22-11/h2-7H,1H3. The number of carbonyl (C=O) groups is 2. The molecule has 4 nitrogen and oxygen atoms in total. The highest BCUT2D eigenvalue weighted by Crippen LogP contribution is 2.38. The van der Waals surface area contributed by atoms with Gasteiger partial charge in [0, 0.05) is 4.88 Å². The highest BCUT2D eigenvalue weighted by molar-refractivity contribution is 7.11. The van der Waals surface area contributed by atoms with Crippen molar-refractivity contribution in [1.82, 2.24) is 0 Å². The van der Waals surface area contributed by atoms with Crippen LogP contribution in [0.25, 0.3) is 5.57 Å². The molecule has 0 N–H and O–H groups in total. The van der Waals surface area contributed by atoms with Crippen LogP contribution in [0.15, 0.2) is 40.7 Å². The summed E-state index contributed by atoms with van der Waals surface area (Å²) in [5.41, 5.74) is 0.569. The number of nitrogens with zero attached hydrogens (tertiary/aromatic N) is 1. The summed E-state index contributed by atoms with van der Waals surface area (Å²) in [6.07, 6.45) is 0. The molecule has 112 valence electrons. The Labute approximate surface area is 140 Å². The van der Waals surface area contributed by atoms with E-state index in [-0.39, 0.29) is 10.6 Å². The molecule has 0 fully saturated rings. The van der Waals surface area contributed by atoms with E-state index in [0.717, 1.165) is 4.90 Å². The van der Waals surface area contributed by atoms with Gasteiger partial charge in [0.25, 0.3) is 11.8 Å². The predicted octanol–water partition coefficient (Wildman–Crippen LogP) is 3.93. The molecule has 2 aromatic rings. The summed E-state index contributed by atoms with van der Waals surface area (Å²) in [7, 11) is 1.49. The highest BCUT2D eigenvalue weighted by atomic mass is 35.5. The molecule has 22 heavy (non-hydrogen) atoms. The summed E-state index contributed by atoms with van der Waals surface area (Å²) in [5, 5.41) is 2.04. The molecule has 1 aromatic heterocycles. The van der Waals surface area contributed by atoms with Crippen molar-refractivity contribution in [2.75, 3.05) is 12.0 Å². The molecule has 0 aliphatic carbocycles. The molecule has 0 bridgehead atoms. The molecule has 1 aliphatic heterocycles. The lowest BCUT2D eigenvalue weighted by atomic mass is 10.2. The van der Waals surface area contributed by atoms with Crippen LogP contribution in [0.4, 0.5) is 5.69 Å². The summed E-state index contributed by atoms with van der Waals surface area (Å²) in [5.74, 6) is -0.558. The van der Waals surface area contributed by atoms with E-state index in [2.05, 4.69) is 0 Å². The van der Waals surface area contributed by atoms with Crippen LogP contribution in [-0.4, -0.2) is 18.9 Å². The van der Waals surface area contributed by atoms with Gasteiger partial charge in [-0.2, -0.15) is 0 Å². The Hall–Kier alpha value is -1.82. The number of methoxy groups -OCH3 is 1. The van der Waals surface area contributed by atoms with Gasteiger partial charge in [0.1, 0.15) is 10.8 Å². The van der Waals surface area contributed by atoms with Crippen molar-refractivity contribution in [2.24, 2.45) is 0 Å². The summed E-state index contributed by atoms with van der Waals surface area (Å²) < 4.78 is 5.06. The van der Waals surface area contributed by atoms with Crippen molar-refractivity contribution in [3.63, 3.8) is 0 Å². The van der Waals surface area contributed by atoms with Crippen LogP contribution in [0, 0.1) is 0 Å². The van der Waals surface area contributed by atoms with Crippen LogP contribution in [0.2, 0.25) is 5.02 Å². The van der Waals surface area contributed by atoms with E-state index in [0.29, 0.717) is 21.3 Å². The second kappa shape index (κ2) is 5.76. The van der Waals surface area contributed by atoms with Crippen LogP contribution in [0.5, 0.6) is 5.75 Å². The van der Waals surface area contributed by atoms with Crippen LogP contribution >= 0.6 is 34.5 Å². The third-order valence-electron chi connectivity index (χ3n) is 3.19. The Kier molecular flexibility index (Phi) is 3.95. The maximum atomic E-state index is 12.6. The van der Waals surface area contributed by atoms with E-state index in [1.54, 1.807) is 24.3 Å². The molecule has 3 rings (SSSR count). The number of hydrogen-bond acceptors (Lipinski definition) is 4. The average molecular weight is 354 g/mol. The highest BCUT2D eigenvalue weighted by Gasteiger charge is 2.39. The van der Waals surface area contributed by atoms with Gasteiger partial charge in [-0.25, -0.2) is 4.90 Å². The predicted molar refractivity (Wildman–Crippen MR) is 87.6 cm³/mol. The third-order valence-corrected chi connectivity index (χ3v) is 4.72. The number of rotatable bonds is 3. The first-order chi connectivity index (χ1) is 10.5. The molecule has 2 amide bonds. The van der Waals surface area contributed by atoms with E-state index < -0.39 is 11.8 Å². The lowest BCUT2D eigenvalue weighted by molar-refractivity contribution is -0.119. The van der Waals surface area contributed by atoms with Crippen molar-refractivity contribution in [2.45, 2.75) is 0 Å². The number of thiophene rings is 1. The average Bonchev–Trinajstić information content (AvgIpc) is 3.08. The van der Waals surface area contributed by atoms with Gasteiger partial charge >= 0.3 is 0 Å². The molecule has 0 saturated heterocycles. The molecule has 0 atom stereocenters. The van der Waals surface area contributed by atoms with Crippen molar-refractivity contribution in [3.05, 3.63) is 50.6 Å². The van der Waals surface area contributed by atoms with Crippen molar-refractivity contribution in [1.29, 1.82) is 0 Å². The summed E-state index contributed by atoms with van der Waals surface area (Å²) >= 11 is 13.5. The van der Waals surface area contributed by atoms with E-state index in [1.807, 2.05) is 5.38 Å². The summed E-state index contributed by atoms with van der Waals surface area (Å²) in [6, 6.07) is 8.22. The van der Waals surface area contributed by atoms with Gasteiger partial charge in [0.05, 0.1) is 23.4 Å².